The summed E-state index contributed by atoms with van der Waals surface area (Å²) in [5.74, 6) is 0.642. The van der Waals surface area contributed by atoms with Crippen LogP contribution in [0.5, 0.6) is 0 Å². The van der Waals surface area contributed by atoms with Gasteiger partial charge < -0.3 is 16.0 Å². The molecule has 0 saturated carbocycles. The molecular formula is C24H35N5O2S. The zero-order valence-electron chi connectivity index (χ0n) is 19.7. The first-order valence-electron chi connectivity index (χ1n) is 10.8. The number of nitrogens with zero attached hydrogens (tertiary/aromatic N) is 3. The molecule has 1 aliphatic rings. The van der Waals surface area contributed by atoms with Gasteiger partial charge in [0.25, 0.3) is 5.91 Å². The standard InChI is InChI=1S/C8H9N3O2.C7H5NS.C7H15N.C2H6/c1-5-2-6(3-10-8(5)9)11-7(13)4-12;1-2-4-7-6(3-1)8-5-9-7;1-7-4-3-5-8(2)6-7;1-2/h2-4H,1H3,(H2,9,10)(H,11,13);1-5H;7H,3-6H2,1-2H3;1-2H3. The second-order valence-corrected chi connectivity index (χ2v) is 8.25. The van der Waals surface area contributed by atoms with Crippen LogP contribution in [0, 0.1) is 12.8 Å². The van der Waals surface area contributed by atoms with Gasteiger partial charge in [0.05, 0.1) is 27.6 Å². The number of aromatic nitrogens is 2. The highest BCUT2D eigenvalue weighted by molar-refractivity contribution is 7.16. The first kappa shape index (κ1) is 27.2. The number of benzene rings is 1. The van der Waals surface area contributed by atoms with Crippen molar-refractivity contribution in [1.82, 2.24) is 14.9 Å². The molecule has 2 aromatic heterocycles. The fraction of sp³-hybridized carbons (Fsp3) is 0.417. The molecule has 7 nitrogen and oxygen atoms in total. The molecule has 4 rings (SSSR count). The number of thiazole rings is 1. The van der Waals surface area contributed by atoms with Crippen LogP contribution in [-0.4, -0.2) is 47.2 Å². The third-order valence-corrected chi connectivity index (χ3v) is 5.40. The van der Waals surface area contributed by atoms with Crippen LogP contribution < -0.4 is 11.1 Å². The molecule has 3 aromatic rings. The number of carbonyl (C=O) groups is 2. The van der Waals surface area contributed by atoms with Crippen molar-refractivity contribution >= 4 is 45.3 Å². The van der Waals surface area contributed by atoms with Crippen molar-refractivity contribution in [3.05, 3.63) is 47.6 Å². The van der Waals surface area contributed by atoms with Gasteiger partial charge in [-0.25, -0.2) is 9.97 Å². The van der Waals surface area contributed by atoms with Gasteiger partial charge in [-0.15, -0.1) is 11.3 Å². The minimum atomic E-state index is -0.703. The highest BCUT2D eigenvalue weighted by atomic mass is 32.1. The summed E-state index contributed by atoms with van der Waals surface area (Å²) < 4.78 is 1.26. The van der Waals surface area contributed by atoms with Crippen LogP contribution in [0.25, 0.3) is 10.2 Å². The summed E-state index contributed by atoms with van der Waals surface area (Å²) in [5.41, 5.74) is 9.64. The molecule has 174 valence electrons. The fourth-order valence-corrected chi connectivity index (χ4v) is 3.73. The predicted molar refractivity (Wildman–Crippen MR) is 135 cm³/mol. The van der Waals surface area contributed by atoms with Gasteiger partial charge in [0.15, 0.2) is 0 Å². The number of aryl methyl sites for hydroxylation is 1. The lowest BCUT2D eigenvalue weighted by Gasteiger charge is -2.26. The Kier molecular flexibility index (Phi) is 12.8. The highest BCUT2D eigenvalue weighted by Gasteiger charge is 2.11. The third kappa shape index (κ3) is 9.98. The van der Waals surface area contributed by atoms with Gasteiger partial charge in [-0.05, 0) is 63.0 Å². The molecule has 1 unspecified atom stereocenters. The minimum Gasteiger partial charge on any atom is -0.383 e. The zero-order chi connectivity index (χ0) is 23.9. The highest BCUT2D eigenvalue weighted by Crippen LogP contribution is 2.15. The second kappa shape index (κ2) is 15.0. The normalized spacial score (nSPS) is 15.1. The van der Waals surface area contributed by atoms with E-state index in [4.69, 9.17) is 5.73 Å². The number of nitrogens with two attached hydrogens (primary N) is 1. The molecule has 1 aromatic carbocycles. The maximum Gasteiger partial charge on any atom is 0.288 e. The van der Waals surface area contributed by atoms with Gasteiger partial charge in [0.1, 0.15) is 5.82 Å². The van der Waals surface area contributed by atoms with Crippen LogP contribution in [0.15, 0.2) is 42.0 Å². The molecule has 32 heavy (non-hydrogen) atoms. The average molecular weight is 458 g/mol. The van der Waals surface area contributed by atoms with E-state index in [0.29, 0.717) is 11.5 Å². The van der Waals surface area contributed by atoms with E-state index >= 15 is 0 Å². The largest absolute Gasteiger partial charge is 0.383 e. The average Bonchev–Trinajstić information content (AvgIpc) is 3.27. The molecule has 3 N–H and O–H groups in total. The van der Waals surface area contributed by atoms with Crippen molar-refractivity contribution in [1.29, 1.82) is 0 Å². The summed E-state index contributed by atoms with van der Waals surface area (Å²) in [6, 6.07) is 9.77. The number of nitrogens with one attached hydrogen (secondary N) is 1. The van der Waals surface area contributed by atoms with Crippen molar-refractivity contribution in [2.75, 3.05) is 31.2 Å². The maximum absolute atomic E-state index is 10.6. The third-order valence-electron chi connectivity index (χ3n) is 4.59. The summed E-state index contributed by atoms with van der Waals surface area (Å²) >= 11 is 1.68. The topological polar surface area (TPSA) is 101 Å². The van der Waals surface area contributed by atoms with Crippen LogP contribution in [0.4, 0.5) is 11.5 Å². The van der Waals surface area contributed by atoms with Crippen LogP contribution in [0.3, 0.4) is 0 Å². The minimum absolute atomic E-state index is 0.200. The number of pyridine rings is 1. The number of amides is 1. The quantitative estimate of drug-likeness (QED) is 0.424. The van der Waals surface area contributed by atoms with E-state index < -0.39 is 5.91 Å². The number of likely N-dealkylation sites (tertiary alicyclic amines) is 1. The molecule has 1 saturated heterocycles. The smallest absolute Gasteiger partial charge is 0.288 e. The Balaban J connectivity index is 0.000000238. The Bertz CT molecular complexity index is 922. The van der Waals surface area contributed by atoms with Gasteiger partial charge in [0.2, 0.25) is 6.29 Å². The van der Waals surface area contributed by atoms with E-state index in [-0.39, 0.29) is 6.29 Å². The van der Waals surface area contributed by atoms with E-state index in [2.05, 4.69) is 40.2 Å². The lowest BCUT2D eigenvalue weighted by molar-refractivity contribution is -0.127. The van der Waals surface area contributed by atoms with Crippen molar-refractivity contribution < 1.29 is 9.59 Å². The van der Waals surface area contributed by atoms with Crippen LogP contribution in [0.2, 0.25) is 0 Å². The lowest BCUT2D eigenvalue weighted by atomic mass is 10.0. The van der Waals surface area contributed by atoms with Crippen molar-refractivity contribution in [2.45, 2.75) is 40.5 Å². The van der Waals surface area contributed by atoms with Gasteiger partial charge in [-0.1, -0.05) is 32.9 Å². The molecule has 0 radical (unpaired) electrons. The Labute approximate surface area is 195 Å². The zero-order valence-corrected chi connectivity index (χ0v) is 20.5. The lowest BCUT2D eigenvalue weighted by Crippen LogP contribution is -2.30. The molecule has 0 aliphatic carbocycles. The molecule has 0 spiro atoms. The number of fused-ring (bicyclic) bond motifs is 1. The molecule has 1 amide bonds. The van der Waals surface area contributed by atoms with Gasteiger partial charge in [-0.2, -0.15) is 0 Å². The van der Waals surface area contributed by atoms with Crippen molar-refractivity contribution in [3.63, 3.8) is 0 Å². The molecule has 1 atom stereocenters. The maximum atomic E-state index is 10.6. The molecule has 0 bridgehead atoms. The van der Waals surface area contributed by atoms with E-state index in [0.717, 1.165) is 17.0 Å². The van der Waals surface area contributed by atoms with E-state index in [1.165, 1.54) is 36.8 Å². The number of aldehydes is 1. The molecular weight excluding hydrogens is 422 g/mol. The predicted octanol–water partition coefficient (Wildman–Crippen LogP) is 4.78. The number of rotatable bonds is 2. The van der Waals surface area contributed by atoms with Crippen LogP contribution in [0.1, 0.15) is 39.2 Å². The number of para-hydroxylation sites is 1. The van der Waals surface area contributed by atoms with Gasteiger partial charge in [-0.3, -0.25) is 9.59 Å². The summed E-state index contributed by atoms with van der Waals surface area (Å²) in [5, 5.41) is 2.33. The summed E-state index contributed by atoms with van der Waals surface area (Å²) in [7, 11) is 2.20. The number of hydrogen-bond acceptors (Lipinski definition) is 7. The Morgan fingerprint density at radius 3 is 2.56 bits per heavy atom. The summed E-state index contributed by atoms with van der Waals surface area (Å²) in [6.07, 6.45) is 4.43. The van der Waals surface area contributed by atoms with Crippen LogP contribution >= 0.6 is 11.3 Å². The van der Waals surface area contributed by atoms with Crippen molar-refractivity contribution in [2.24, 2.45) is 5.92 Å². The first-order valence-corrected chi connectivity index (χ1v) is 11.7. The first-order chi connectivity index (χ1) is 15.4. The van der Waals surface area contributed by atoms with E-state index in [1.807, 2.05) is 37.6 Å². The Morgan fingerprint density at radius 2 is 2.00 bits per heavy atom. The number of hydrogen-bond donors (Lipinski definition) is 2. The van der Waals surface area contributed by atoms with Gasteiger partial charge in [0, 0.05) is 6.54 Å². The summed E-state index contributed by atoms with van der Waals surface area (Å²) in [6.45, 7) is 10.7. The fourth-order valence-electron chi connectivity index (χ4n) is 3.05. The number of carbonyl (C=O) groups excluding carboxylic acids is 2. The number of anilines is 2. The van der Waals surface area contributed by atoms with E-state index in [1.54, 1.807) is 24.3 Å². The van der Waals surface area contributed by atoms with Crippen LogP contribution in [-0.2, 0) is 9.59 Å². The second-order valence-electron chi connectivity index (χ2n) is 7.36. The molecule has 3 heterocycles. The van der Waals surface area contributed by atoms with Gasteiger partial charge >= 0.3 is 0 Å². The SMILES string of the molecule is CC.CC1CCCN(C)C1.Cc1cc(NC(=O)C=O)cnc1N.c1ccc2scnc2c1. The number of nitrogen functional groups attached to an aromatic ring is 1. The Morgan fingerprint density at radius 1 is 1.28 bits per heavy atom. The summed E-state index contributed by atoms with van der Waals surface area (Å²) in [4.78, 5) is 31.0. The van der Waals surface area contributed by atoms with E-state index in [9.17, 15) is 9.59 Å². The molecule has 8 heteroatoms. The van der Waals surface area contributed by atoms with Crippen molar-refractivity contribution in [3.8, 4) is 0 Å². The molecule has 1 aliphatic heterocycles. The number of piperidine rings is 1. The monoisotopic (exact) mass is 457 g/mol. The Hall–Kier alpha value is -2.84. The molecule has 1 fully saturated rings.